The van der Waals surface area contributed by atoms with E-state index in [1.807, 2.05) is 0 Å². The van der Waals surface area contributed by atoms with Crippen LogP contribution in [-0.2, 0) is 40.5 Å². The number of benzene rings is 4. The molecule has 0 aliphatic heterocycles. The van der Waals surface area contributed by atoms with Crippen LogP contribution in [0.2, 0.25) is 0 Å². The third-order valence-corrected chi connectivity index (χ3v) is 10.3. The van der Waals surface area contributed by atoms with E-state index >= 15 is 0 Å². The van der Waals surface area contributed by atoms with Crippen LogP contribution in [0, 0.1) is 17.8 Å². The zero-order chi connectivity index (χ0) is 40.1. The maximum atomic E-state index is 14.4. The molecule has 0 aliphatic rings. The fraction of sp³-hybridized carbons (Fsp3) is 0. The third kappa shape index (κ3) is 8.39. The van der Waals surface area contributed by atoms with Crippen molar-refractivity contribution < 1.29 is 70.2 Å². The van der Waals surface area contributed by atoms with Crippen molar-refractivity contribution in [2.75, 3.05) is 11.1 Å². The molecule has 0 saturated carbocycles. The van der Waals surface area contributed by atoms with E-state index in [-0.39, 0.29) is 5.69 Å². The van der Waals surface area contributed by atoms with Crippen LogP contribution in [0.3, 0.4) is 0 Å². The summed E-state index contributed by atoms with van der Waals surface area (Å²) in [5.74, 6) is -4.41. The van der Waals surface area contributed by atoms with Crippen LogP contribution in [0.1, 0.15) is 0 Å². The third-order valence-electron chi connectivity index (χ3n) is 6.78. The van der Waals surface area contributed by atoms with Crippen molar-refractivity contribution in [2.45, 2.75) is 19.6 Å². The largest absolute Gasteiger partial charge is 0.505 e. The van der Waals surface area contributed by atoms with Crippen LogP contribution in [0.4, 0.5) is 53.1 Å². The molecular formula is C26H17F3N8O13S4. The molecule has 1 aromatic heterocycles. The van der Waals surface area contributed by atoms with Crippen molar-refractivity contribution in [1.29, 1.82) is 0 Å². The Labute approximate surface area is 299 Å². The number of anilines is 3. The topological polar surface area (TPSA) is 351 Å². The molecule has 0 saturated heterocycles. The minimum atomic E-state index is -5.47. The second-order valence-corrected chi connectivity index (χ2v) is 16.0. The monoisotopic (exact) mass is 834 g/mol. The van der Waals surface area contributed by atoms with Gasteiger partial charge in [-0.25, -0.2) is 4.39 Å². The van der Waals surface area contributed by atoms with Crippen molar-refractivity contribution in [1.82, 2.24) is 9.97 Å². The first-order chi connectivity index (χ1) is 24.8. The van der Waals surface area contributed by atoms with E-state index in [2.05, 4.69) is 35.7 Å². The molecule has 8 N–H and O–H groups in total. The van der Waals surface area contributed by atoms with Gasteiger partial charge >= 0.3 is 6.08 Å². The molecule has 5 rings (SSSR count). The number of nitrogen functional groups attached to an aromatic ring is 1. The second-order valence-electron chi connectivity index (χ2n) is 10.4. The van der Waals surface area contributed by atoms with Crippen LogP contribution in [0.25, 0.3) is 10.8 Å². The van der Waals surface area contributed by atoms with E-state index in [9.17, 15) is 70.2 Å². The van der Waals surface area contributed by atoms with Gasteiger partial charge in [0, 0.05) is 11.8 Å². The maximum absolute atomic E-state index is 14.4. The van der Waals surface area contributed by atoms with Gasteiger partial charge in [0.1, 0.15) is 43.3 Å². The summed E-state index contributed by atoms with van der Waals surface area (Å²) in [5.41, 5.74) is 0.841. The Balaban J connectivity index is 1.75. The van der Waals surface area contributed by atoms with Crippen molar-refractivity contribution >= 4 is 91.2 Å². The van der Waals surface area contributed by atoms with Gasteiger partial charge < -0.3 is 16.2 Å². The molecule has 0 radical (unpaired) electrons. The number of aromatic hydroxyl groups is 1. The number of rotatable bonds is 10. The summed E-state index contributed by atoms with van der Waals surface area (Å²) in [6.07, 6.45) is -1.50. The number of nitrogens with one attached hydrogen (secondary N) is 1. The lowest BCUT2D eigenvalue weighted by atomic mass is 10.1. The van der Waals surface area contributed by atoms with Crippen LogP contribution in [-0.4, -0.2) is 67.0 Å². The first-order valence-electron chi connectivity index (χ1n) is 13.6. The van der Waals surface area contributed by atoms with Gasteiger partial charge in [-0.15, -0.1) is 20.5 Å². The van der Waals surface area contributed by atoms with E-state index in [0.29, 0.717) is 42.5 Å². The molecule has 4 aromatic carbocycles. The summed E-state index contributed by atoms with van der Waals surface area (Å²) in [7, 11) is -20.9. The van der Waals surface area contributed by atoms with Gasteiger partial charge in [0.25, 0.3) is 40.5 Å². The van der Waals surface area contributed by atoms with E-state index in [0.717, 1.165) is 12.1 Å². The SMILES string of the molecule is Nc1c(N=Nc2cc(S(=O)(=O)O)ccc2F)c(S(=O)(=O)O)cc2cc(S(=O)(=O)O)c(N=Nc3cc(Nc4cc(F)nc(F)n4)ccc3S(=O)(=O)O)c(O)c12. The average molecular weight is 835 g/mol. The van der Waals surface area contributed by atoms with Gasteiger partial charge in [-0.2, -0.15) is 52.4 Å². The van der Waals surface area contributed by atoms with Crippen molar-refractivity contribution in [2.24, 2.45) is 20.5 Å². The molecule has 0 fully saturated rings. The van der Waals surface area contributed by atoms with Gasteiger partial charge in [0.05, 0.1) is 16.0 Å². The number of hydrogen-bond acceptors (Lipinski definition) is 17. The number of aromatic nitrogens is 2. The van der Waals surface area contributed by atoms with Crippen molar-refractivity contribution in [3.8, 4) is 5.75 Å². The second kappa shape index (κ2) is 13.9. The predicted octanol–water partition coefficient (Wildman–Crippen LogP) is 4.90. The van der Waals surface area contributed by atoms with Crippen LogP contribution < -0.4 is 11.1 Å². The van der Waals surface area contributed by atoms with Crippen LogP contribution in [0.15, 0.2) is 94.6 Å². The lowest BCUT2D eigenvalue weighted by Gasteiger charge is -2.14. The van der Waals surface area contributed by atoms with Crippen molar-refractivity contribution in [3.05, 3.63) is 72.4 Å². The van der Waals surface area contributed by atoms with Gasteiger partial charge in [-0.1, -0.05) is 0 Å². The molecule has 5 aromatic rings. The average Bonchev–Trinajstić information content (AvgIpc) is 3.01. The molecule has 21 nitrogen and oxygen atoms in total. The van der Waals surface area contributed by atoms with Crippen molar-refractivity contribution in [3.63, 3.8) is 0 Å². The number of phenols is 1. The standard InChI is InChI=1S/C26H17F3N8O13S4/c27-13-3-2-12(51(39,40)41)8-14(13)34-36-23-17(53(45,46)47)5-10-6-18(54(48,49)50)24(25(38)21(10)22(23)30)37-35-15-7-11(1-4-16(15)52(42,43)44)31-20-9-19(28)32-26(29)33-20/h1-9,38H,30H2,(H,31,32,33)(H,39,40,41)(H,42,43,44)(H,45,46,47)(H,48,49,50). The maximum Gasteiger partial charge on any atom is 0.313 e. The first kappa shape index (κ1) is 39.5. The van der Waals surface area contributed by atoms with E-state index < -0.39 is 129 Å². The molecule has 0 bridgehead atoms. The number of fused-ring (bicyclic) bond motifs is 1. The molecular weight excluding hydrogens is 818 g/mol. The number of nitrogens with two attached hydrogens (primary N) is 1. The highest BCUT2D eigenvalue weighted by Crippen LogP contribution is 2.48. The molecule has 54 heavy (non-hydrogen) atoms. The van der Waals surface area contributed by atoms with Gasteiger partial charge in [0.2, 0.25) is 5.95 Å². The fourth-order valence-electron chi connectivity index (χ4n) is 4.53. The molecule has 0 amide bonds. The molecule has 0 unspecified atom stereocenters. The normalized spacial score (nSPS) is 12.9. The Morgan fingerprint density at radius 1 is 0.630 bits per heavy atom. The van der Waals surface area contributed by atoms with Crippen LogP contribution >= 0.6 is 0 Å². The summed E-state index contributed by atoms with van der Waals surface area (Å²) in [6, 6.07) is 5.70. The van der Waals surface area contributed by atoms with Gasteiger partial charge in [-0.05, 0) is 53.9 Å². The van der Waals surface area contributed by atoms with Gasteiger partial charge in [-0.3, -0.25) is 18.2 Å². The lowest BCUT2D eigenvalue weighted by Crippen LogP contribution is -2.04. The zero-order valence-electron chi connectivity index (χ0n) is 25.7. The van der Waals surface area contributed by atoms with E-state index in [1.54, 1.807) is 0 Å². The fourth-order valence-corrected chi connectivity index (χ4v) is 6.97. The van der Waals surface area contributed by atoms with Gasteiger partial charge in [0.15, 0.2) is 11.6 Å². The van der Waals surface area contributed by atoms with Crippen LogP contribution in [0.5, 0.6) is 5.75 Å². The Kier molecular flexibility index (Phi) is 10.2. The Bertz CT molecular complexity index is 2910. The highest BCUT2D eigenvalue weighted by Gasteiger charge is 2.28. The summed E-state index contributed by atoms with van der Waals surface area (Å²) < 4.78 is 177. The highest BCUT2D eigenvalue weighted by molar-refractivity contribution is 7.86. The smallest absolute Gasteiger partial charge is 0.313 e. The van der Waals surface area contributed by atoms with E-state index in [1.165, 1.54) is 0 Å². The Morgan fingerprint density at radius 3 is 1.78 bits per heavy atom. The summed E-state index contributed by atoms with van der Waals surface area (Å²) in [6.45, 7) is 0. The number of halogens is 3. The summed E-state index contributed by atoms with van der Waals surface area (Å²) >= 11 is 0. The molecule has 28 heteroatoms. The Morgan fingerprint density at radius 2 is 1.20 bits per heavy atom. The minimum absolute atomic E-state index is 0.220. The number of azo groups is 2. The lowest BCUT2D eigenvalue weighted by molar-refractivity contribution is 0.472. The molecule has 284 valence electrons. The predicted molar refractivity (Wildman–Crippen MR) is 176 cm³/mol. The minimum Gasteiger partial charge on any atom is -0.505 e. The number of nitrogens with zero attached hydrogens (tertiary/aromatic N) is 6. The molecule has 1 heterocycles. The zero-order valence-corrected chi connectivity index (χ0v) is 29.0. The highest BCUT2D eigenvalue weighted by atomic mass is 32.2. The molecule has 0 atom stereocenters. The molecule has 0 spiro atoms. The molecule has 0 aliphatic carbocycles. The Hall–Kier alpha value is -5.75. The quantitative estimate of drug-likeness (QED) is 0.0323. The summed E-state index contributed by atoms with van der Waals surface area (Å²) in [4.78, 5) is 1.62. The number of hydrogen-bond donors (Lipinski definition) is 7. The first-order valence-corrected chi connectivity index (χ1v) is 19.4. The van der Waals surface area contributed by atoms with E-state index in [4.69, 9.17) is 5.73 Å². The number of phenolic OH excluding ortho intramolecular Hbond substituents is 1. The summed E-state index contributed by atoms with van der Waals surface area (Å²) in [5, 5.41) is 26.1.